The summed E-state index contributed by atoms with van der Waals surface area (Å²) in [6, 6.07) is 2.26. The Morgan fingerprint density at radius 1 is 1.64 bits per heavy atom. The van der Waals surface area contributed by atoms with Crippen LogP contribution in [0.5, 0.6) is 0 Å². The van der Waals surface area contributed by atoms with Gasteiger partial charge in [-0.25, -0.2) is 5.84 Å². The normalized spacial score (nSPS) is 9.18. The SMILES string of the molecule is NNC(=O)c1cc(=O)cco1. The zero-order valence-corrected chi connectivity index (χ0v) is 5.53. The van der Waals surface area contributed by atoms with Gasteiger partial charge in [0, 0.05) is 12.1 Å². The van der Waals surface area contributed by atoms with Crippen LogP contribution in [0.2, 0.25) is 0 Å². The Kier molecular flexibility index (Phi) is 2.03. The second-order valence-electron chi connectivity index (χ2n) is 1.81. The summed E-state index contributed by atoms with van der Waals surface area (Å²) in [6.07, 6.45) is 1.13. The number of carbonyl (C=O) groups is 1. The molecule has 0 aliphatic heterocycles. The van der Waals surface area contributed by atoms with Gasteiger partial charge in [-0.2, -0.15) is 0 Å². The summed E-state index contributed by atoms with van der Waals surface area (Å²) in [4.78, 5) is 21.3. The molecule has 0 saturated carbocycles. The first-order valence-electron chi connectivity index (χ1n) is 2.84. The molecule has 0 saturated heterocycles. The van der Waals surface area contributed by atoms with E-state index in [0.717, 1.165) is 12.3 Å². The van der Waals surface area contributed by atoms with Crippen LogP contribution in [0.3, 0.4) is 0 Å². The topological polar surface area (TPSA) is 85.3 Å². The zero-order valence-electron chi connectivity index (χ0n) is 5.53. The number of carbonyl (C=O) groups excluding carboxylic acids is 1. The second-order valence-corrected chi connectivity index (χ2v) is 1.81. The Morgan fingerprint density at radius 2 is 2.36 bits per heavy atom. The summed E-state index contributed by atoms with van der Waals surface area (Å²) < 4.78 is 4.67. The minimum atomic E-state index is -0.622. The highest BCUT2D eigenvalue weighted by Crippen LogP contribution is 1.91. The lowest BCUT2D eigenvalue weighted by Gasteiger charge is -1.94. The molecule has 0 bridgehead atoms. The third kappa shape index (κ3) is 1.65. The fourth-order valence-electron chi connectivity index (χ4n) is 0.576. The van der Waals surface area contributed by atoms with Gasteiger partial charge in [0.1, 0.15) is 0 Å². The van der Waals surface area contributed by atoms with Gasteiger partial charge in [-0.1, -0.05) is 0 Å². The molecule has 1 heterocycles. The first-order valence-corrected chi connectivity index (χ1v) is 2.84. The molecule has 0 atom stereocenters. The molecule has 5 heteroatoms. The smallest absolute Gasteiger partial charge is 0.300 e. The van der Waals surface area contributed by atoms with Crippen molar-refractivity contribution < 1.29 is 9.21 Å². The standard InChI is InChI=1S/C6H6N2O3/c7-8-6(10)5-3-4(9)1-2-11-5/h1-3H,7H2,(H,8,10). The maximum atomic E-state index is 10.7. The van der Waals surface area contributed by atoms with Crippen molar-refractivity contribution in [3.63, 3.8) is 0 Å². The number of hydrogen-bond donors (Lipinski definition) is 2. The molecule has 0 aromatic carbocycles. The van der Waals surface area contributed by atoms with E-state index in [9.17, 15) is 9.59 Å². The number of nitrogen functional groups attached to an aromatic ring is 1. The molecule has 1 amide bonds. The van der Waals surface area contributed by atoms with Crippen LogP contribution in [0.4, 0.5) is 0 Å². The molecule has 0 fully saturated rings. The van der Waals surface area contributed by atoms with Gasteiger partial charge in [0.25, 0.3) is 0 Å². The van der Waals surface area contributed by atoms with E-state index in [-0.39, 0.29) is 11.2 Å². The largest absolute Gasteiger partial charge is 0.459 e. The number of nitrogens with two attached hydrogens (primary N) is 1. The summed E-state index contributed by atoms with van der Waals surface area (Å²) in [5.41, 5.74) is 1.54. The van der Waals surface area contributed by atoms with Crippen molar-refractivity contribution in [2.45, 2.75) is 0 Å². The third-order valence-electron chi connectivity index (χ3n) is 1.06. The molecule has 0 radical (unpaired) electrons. The van der Waals surface area contributed by atoms with Crippen LogP contribution in [-0.4, -0.2) is 5.91 Å². The molecule has 1 aromatic heterocycles. The van der Waals surface area contributed by atoms with E-state index in [0.29, 0.717) is 0 Å². The summed E-state index contributed by atoms with van der Waals surface area (Å²) in [5.74, 6) is 4.07. The molecule has 5 nitrogen and oxygen atoms in total. The maximum Gasteiger partial charge on any atom is 0.300 e. The lowest BCUT2D eigenvalue weighted by molar-refractivity contribution is 0.0923. The fraction of sp³-hybridized carbons (Fsp3) is 0. The Labute approximate surface area is 61.8 Å². The van der Waals surface area contributed by atoms with E-state index in [2.05, 4.69) is 4.42 Å². The predicted molar refractivity (Wildman–Crippen MR) is 36.6 cm³/mol. The van der Waals surface area contributed by atoms with Crippen molar-refractivity contribution >= 4 is 5.91 Å². The van der Waals surface area contributed by atoms with Gasteiger partial charge in [0.05, 0.1) is 6.26 Å². The first kappa shape index (κ1) is 7.49. The van der Waals surface area contributed by atoms with Crippen LogP contribution < -0.4 is 16.7 Å². The quantitative estimate of drug-likeness (QED) is 0.316. The Morgan fingerprint density at radius 3 is 2.91 bits per heavy atom. The van der Waals surface area contributed by atoms with Crippen LogP contribution in [0.1, 0.15) is 10.6 Å². The molecule has 3 N–H and O–H groups in total. The van der Waals surface area contributed by atoms with Gasteiger partial charge >= 0.3 is 5.91 Å². The van der Waals surface area contributed by atoms with Crippen LogP contribution in [-0.2, 0) is 0 Å². The highest BCUT2D eigenvalue weighted by atomic mass is 16.3. The average Bonchev–Trinajstić information content (AvgIpc) is 2.03. The van der Waals surface area contributed by atoms with E-state index < -0.39 is 5.91 Å². The van der Waals surface area contributed by atoms with Crippen LogP contribution in [0, 0.1) is 0 Å². The number of hydrazine groups is 1. The number of rotatable bonds is 1. The van der Waals surface area contributed by atoms with E-state index in [1.54, 1.807) is 0 Å². The molecule has 1 aromatic rings. The highest BCUT2D eigenvalue weighted by Gasteiger charge is 2.04. The van der Waals surface area contributed by atoms with Gasteiger partial charge in [-0.3, -0.25) is 15.0 Å². The van der Waals surface area contributed by atoms with Gasteiger partial charge < -0.3 is 4.42 Å². The lowest BCUT2D eigenvalue weighted by atomic mass is 10.4. The molecule has 58 valence electrons. The van der Waals surface area contributed by atoms with E-state index in [1.165, 1.54) is 6.07 Å². The van der Waals surface area contributed by atoms with Gasteiger partial charge in [0.2, 0.25) is 0 Å². The summed E-state index contributed by atoms with van der Waals surface area (Å²) in [5, 5.41) is 0. The van der Waals surface area contributed by atoms with Gasteiger partial charge in [-0.05, 0) is 0 Å². The monoisotopic (exact) mass is 154 g/mol. The molecule has 11 heavy (non-hydrogen) atoms. The number of nitrogens with one attached hydrogen (secondary N) is 1. The molecule has 0 unspecified atom stereocenters. The average molecular weight is 154 g/mol. The molecule has 0 aliphatic rings. The fourth-order valence-corrected chi connectivity index (χ4v) is 0.576. The molecule has 1 rings (SSSR count). The predicted octanol–water partition coefficient (Wildman–Crippen LogP) is -0.757. The second kappa shape index (κ2) is 2.98. The van der Waals surface area contributed by atoms with E-state index in [4.69, 9.17) is 5.84 Å². The van der Waals surface area contributed by atoms with Crippen LogP contribution in [0.15, 0.2) is 27.6 Å². The third-order valence-corrected chi connectivity index (χ3v) is 1.06. The van der Waals surface area contributed by atoms with Crippen molar-refractivity contribution in [2.24, 2.45) is 5.84 Å². The van der Waals surface area contributed by atoms with Crippen molar-refractivity contribution in [1.29, 1.82) is 0 Å². The summed E-state index contributed by atoms with van der Waals surface area (Å²) in [6.45, 7) is 0. The highest BCUT2D eigenvalue weighted by molar-refractivity contribution is 5.90. The molecule has 0 aliphatic carbocycles. The molecule has 0 spiro atoms. The minimum Gasteiger partial charge on any atom is -0.459 e. The van der Waals surface area contributed by atoms with Crippen molar-refractivity contribution in [3.8, 4) is 0 Å². The first-order chi connectivity index (χ1) is 5.24. The minimum absolute atomic E-state index is 0.0972. The Balaban J connectivity index is 3.05. The van der Waals surface area contributed by atoms with Crippen molar-refractivity contribution in [2.75, 3.05) is 0 Å². The Bertz CT molecular complexity index is 318. The van der Waals surface area contributed by atoms with E-state index >= 15 is 0 Å². The Hall–Kier alpha value is -1.62. The number of hydrogen-bond acceptors (Lipinski definition) is 4. The van der Waals surface area contributed by atoms with Gasteiger partial charge in [-0.15, -0.1) is 0 Å². The van der Waals surface area contributed by atoms with Gasteiger partial charge in [0.15, 0.2) is 11.2 Å². The van der Waals surface area contributed by atoms with Crippen LogP contribution >= 0.6 is 0 Å². The number of amides is 1. The van der Waals surface area contributed by atoms with Crippen molar-refractivity contribution in [3.05, 3.63) is 34.4 Å². The summed E-state index contributed by atoms with van der Waals surface area (Å²) in [7, 11) is 0. The maximum absolute atomic E-state index is 10.7. The van der Waals surface area contributed by atoms with E-state index in [1.807, 2.05) is 5.43 Å². The molecular formula is C6H6N2O3. The lowest BCUT2D eigenvalue weighted by Crippen LogP contribution is -2.30. The zero-order chi connectivity index (χ0) is 8.27. The summed E-state index contributed by atoms with van der Waals surface area (Å²) >= 11 is 0. The van der Waals surface area contributed by atoms with Crippen molar-refractivity contribution in [1.82, 2.24) is 5.43 Å². The molecular weight excluding hydrogens is 148 g/mol. The van der Waals surface area contributed by atoms with Crippen LogP contribution in [0.25, 0.3) is 0 Å².